The third kappa shape index (κ3) is 3.04. The fraction of sp³-hybridized carbons (Fsp3) is 0.125. The standard InChI is InChI=1S/C8H3ClF4IN/c9-5-1-4(8(11,12)13)3-15-7(5)6(10)2-14/h1-3H/b6-2-. The Morgan fingerprint density at radius 1 is 1.47 bits per heavy atom. The summed E-state index contributed by atoms with van der Waals surface area (Å²) in [5.74, 6) is -0.769. The summed E-state index contributed by atoms with van der Waals surface area (Å²) in [6, 6.07) is 0.642. The van der Waals surface area contributed by atoms with E-state index in [1.165, 1.54) is 0 Å². The average molecular weight is 351 g/mol. The Kier molecular flexibility index (Phi) is 3.93. The maximum Gasteiger partial charge on any atom is 0.417 e. The minimum Gasteiger partial charge on any atom is -0.252 e. The van der Waals surface area contributed by atoms with Gasteiger partial charge in [-0.25, -0.2) is 4.39 Å². The summed E-state index contributed by atoms with van der Waals surface area (Å²) in [5, 5.41) is -0.366. The molecule has 82 valence electrons. The van der Waals surface area contributed by atoms with Gasteiger partial charge >= 0.3 is 6.18 Å². The van der Waals surface area contributed by atoms with Gasteiger partial charge in [-0.15, -0.1) is 0 Å². The molecule has 0 aliphatic carbocycles. The first-order chi connectivity index (χ1) is 6.86. The van der Waals surface area contributed by atoms with Crippen LogP contribution in [0.3, 0.4) is 0 Å². The van der Waals surface area contributed by atoms with E-state index in [2.05, 4.69) is 4.98 Å². The summed E-state index contributed by atoms with van der Waals surface area (Å²) < 4.78 is 50.5. The number of hydrogen-bond acceptors (Lipinski definition) is 1. The molecular formula is C8H3ClF4IN. The van der Waals surface area contributed by atoms with E-state index in [9.17, 15) is 17.6 Å². The predicted octanol–water partition coefficient (Wildman–Crippen LogP) is 4.46. The quantitative estimate of drug-likeness (QED) is 0.538. The molecule has 0 saturated heterocycles. The zero-order valence-electron chi connectivity index (χ0n) is 6.95. The zero-order chi connectivity index (χ0) is 11.6. The monoisotopic (exact) mass is 351 g/mol. The smallest absolute Gasteiger partial charge is 0.252 e. The molecule has 0 atom stereocenters. The van der Waals surface area contributed by atoms with Crippen molar-refractivity contribution < 1.29 is 17.6 Å². The van der Waals surface area contributed by atoms with Crippen molar-refractivity contribution in [3.8, 4) is 0 Å². The second-order valence-electron chi connectivity index (χ2n) is 2.51. The summed E-state index contributed by atoms with van der Waals surface area (Å²) in [6.07, 6.45) is -3.99. The number of hydrogen-bond donors (Lipinski definition) is 0. The largest absolute Gasteiger partial charge is 0.417 e. The molecule has 0 amide bonds. The second-order valence-corrected chi connectivity index (χ2v) is 3.54. The Balaban J connectivity index is 3.21. The molecule has 0 aliphatic heterocycles. The third-order valence-corrected chi connectivity index (χ3v) is 2.33. The van der Waals surface area contributed by atoms with Crippen molar-refractivity contribution in [1.29, 1.82) is 0 Å². The number of rotatable bonds is 1. The predicted molar refractivity (Wildman–Crippen MR) is 57.4 cm³/mol. The molecule has 1 aromatic heterocycles. The van der Waals surface area contributed by atoms with Crippen LogP contribution in [0, 0.1) is 0 Å². The van der Waals surface area contributed by atoms with E-state index in [1.807, 2.05) is 0 Å². The van der Waals surface area contributed by atoms with Crippen LogP contribution in [0.4, 0.5) is 17.6 Å². The SMILES string of the molecule is F/C(=C\I)c1ncc(C(F)(F)F)cc1Cl. The van der Waals surface area contributed by atoms with Crippen molar-refractivity contribution in [2.75, 3.05) is 0 Å². The molecule has 0 fully saturated rings. The molecule has 0 N–H and O–H groups in total. The number of alkyl halides is 3. The highest BCUT2D eigenvalue weighted by Gasteiger charge is 2.31. The highest BCUT2D eigenvalue weighted by Crippen LogP contribution is 2.32. The maximum atomic E-state index is 13.0. The topological polar surface area (TPSA) is 12.9 Å². The molecule has 0 aliphatic rings. The van der Waals surface area contributed by atoms with E-state index < -0.39 is 17.6 Å². The number of aromatic nitrogens is 1. The minimum atomic E-state index is -4.53. The van der Waals surface area contributed by atoms with E-state index in [-0.39, 0.29) is 10.7 Å². The number of pyridine rings is 1. The summed E-state index contributed by atoms with van der Waals surface area (Å²) in [6.45, 7) is 0. The molecule has 15 heavy (non-hydrogen) atoms. The molecule has 1 aromatic rings. The van der Waals surface area contributed by atoms with Crippen molar-refractivity contribution in [3.63, 3.8) is 0 Å². The molecule has 1 heterocycles. The van der Waals surface area contributed by atoms with Gasteiger partial charge in [0, 0.05) is 10.3 Å². The van der Waals surface area contributed by atoms with Gasteiger partial charge in [0.25, 0.3) is 0 Å². The Morgan fingerprint density at radius 2 is 2.07 bits per heavy atom. The Hall–Kier alpha value is -0.370. The molecule has 0 radical (unpaired) electrons. The number of nitrogens with zero attached hydrogens (tertiary/aromatic N) is 1. The number of halogens is 6. The van der Waals surface area contributed by atoms with Crippen LogP contribution in [0.1, 0.15) is 11.3 Å². The van der Waals surface area contributed by atoms with E-state index in [0.717, 1.165) is 4.08 Å². The third-order valence-electron chi connectivity index (χ3n) is 1.49. The molecular weight excluding hydrogens is 348 g/mol. The Labute approximate surface area is 101 Å². The molecule has 0 aromatic carbocycles. The van der Waals surface area contributed by atoms with Crippen LogP contribution < -0.4 is 0 Å². The molecule has 7 heteroatoms. The van der Waals surface area contributed by atoms with Crippen LogP contribution in [0.5, 0.6) is 0 Å². The van der Waals surface area contributed by atoms with Gasteiger partial charge in [0.2, 0.25) is 0 Å². The van der Waals surface area contributed by atoms with Crippen molar-refractivity contribution in [3.05, 3.63) is 32.6 Å². The summed E-state index contributed by atoms with van der Waals surface area (Å²) in [5.41, 5.74) is -1.29. The highest BCUT2D eigenvalue weighted by atomic mass is 127. The van der Waals surface area contributed by atoms with Gasteiger partial charge in [0.15, 0.2) is 5.83 Å². The van der Waals surface area contributed by atoms with Crippen molar-refractivity contribution in [1.82, 2.24) is 4.98 Å². The molecule has 1 rings (SSSR count). The molecule has 1 nitrogen and oxygen atoms in total. The van der Waals surface area contributed by atoms with Gasteiger partial charge in [-0.3, -0.25) is 4.98 Å². The highest BCUT2D eigenvalue weighted by molar-refractivity contribution is 14.1. The lowest BCUT2D eigenvalue weighted by Gasteiger charge is -2.07. The Bertz CT molecular complexity index is 402. The van der Waals surface area contributed by atoms with E-state index in [4.69, 9.17) is 11.6 Å². The van der Waals surface area contributed by atoms with Crippen LogP contribution in [0.25, 0.3) is 5.83 Å². The minimum absolute atomic E-state index is 0.293. The Morgan fingerprint density at radius 3 is 2.47 bits per heavy atom. The van der Waals surface area contributed by atoms with Gasteiger partial charge in [-0.1, -0.05) is 11.6 Å². The first kappa shape index (κ1) is 12.7. The van der Waals surface area contributed by atoms with Crippen LogP contribution in [0.15, 0.2) is 16.3 Å². The van der Waals surface area contributed by atoms with Crippen LogP contribution in [0.2, 0.25) is 5.02 Å². The van der Waals surface area contributed by atoms with Gasteiger partial charge in [0.1, 0.15) is 5.69 Å². The zero-order valence-corrected chi connectivity index (χ0v) is 9.86. The van der Waals surface area contributed by atoms with Crippen molar-refractivity contribution in [2.45, 2.75) is 6.18 Å². The molecule has 0 spiro atoms. The molecule has 0 bridgehead atoms. The summed E-state index contributed by atoms with van der Waals surface area (Å²) in [7, 11) is 0. The summed E-state index contributed by atoms with van der Waals surface area (Å²) >= 11 is 7.06. The first-order valence-corrected chi connectivity index (χ1v) is 5.17. The van der Waals surface area contributed by atoms with Gasteiger partial charge < -0.3 is 0 Å². The maximum absolute atomic E-state index is 13.0. The van der Waals surface area contributed by atoms with Crippen molar-refractivity contribution in [2.24, 2.45) is 0 Å². The fourth-order valence-electron chi connectivity index (χ4n) is 0.820. The van der Waals surface area contributed by atoms with Crippen LogP contribution >= 0.6 is 34.2 Å². The molecule has 0 unspecified atom stereocenters. The lowest BCUT2D eigenvalue weighted by molar-refractivity contribution is -0.137. The molecule has 0 saturated carbocycles. The van der Waals surface area contributed by atoms with Crippen molar-refractivity contribution >= 4 is 40.0 Å². The first-order valence-electron chi connectivity index (χ1n) is 3.55. The second kappa shape index (κ2) is 4.65. The summed E-state index contributed by atoms with van der Waals surface area (Å²) in [4.78, 5) is 3.32. The van der Waals surface area contributed by atoms with E-state index in [1.54, 1.807) is 22.6 Å². The average Bonchev–Trinajstić information content (AvgIpc) is 2.15. The van der Waals surface area contributed by atoms with Gasteiger partial charge in [-0.2, -0.15) is 13.2 Å². The lowest BCUT2D eigenvalue weighted by atomic mass is 10.2. The normalized spacial score (nSPS) is 13.1. The van der Waals surface area contributed by atoms with Crippen LogP contribution in [-0.2, 0) is 6.18 Å². The van der Waals surface area contributed by atoms with Gasteiger partial charge in [0.05, 0.1) is 10.6 Å². The van der Waals surface area contributed by atoms with Gasteiger partial charge in [-0.05, 0) is 28.7 Å². The van der Waals surface area contributed by atoms with E-state index in [0.29, 0.717) is 12.3 Å². The lowest BCUT2D eigenvalue weighted by Crippen LogP contribution is -2.06. The van der Waals surface area contributed by atoms with Crippen LogP contribution in [-0.4, -0.2) is 4.98 Å². The van der Waals surface area contributed by atoms with E-state index >= 15 is 0 Å². The fourth-order valence-corrected chi connectivity index (χ4v) is 1.37.